The van der Waals surface area contributed by atoms with Crippen LogP contribution in [0.5, 0.6) is 11.5 Å². The van der Waals surface area contributed by atoms with Crippen molar-refractivity contribution < 1.29 is 32.8 Å². The molecule has 2 heterocycles. The minimum atomic E-state index is -3.63. The van der Waals surface area contributed by atoms with Gasteiger partial charge in [0.1, 0.15) is 30.0 Å². The number of aryl methyl sites for hydroxylation is 1. The molecule has 1 fully saturated rings. The van der Waals surface area contributed by atoms with E-state index in [4.69, 9.17) is 36.3 Å². The molecule has 0 aliphatic carbocycles. The highest BCUT2D eigenvalue weighted by molar-refractivity contribution is 6.32. The third-order valence-corrected chi connectivity index (χ3v) is 6.56. The summed E-state index contributed by atoms with van der Waals surface area (Å²) < 4.78 is 52.0. The minimum absolute atomic E-state index is 0.0316. The van der Waals surface area contributed by atoms with Crippen LogP contribution in [0.15, 0.2) is 24.3 Å². The zero-order chi connectivity index (χ0) is 27.7. The predicted molar refractivity (Wildman–Crippen MR) is 140 cm³/mol. The number of aromatic nitrogens is 2. The minimum Gasteiger partial charge on any atom is -0.493 e. The highest BCUT2D eigenvalue weighted by atomic mass is 35.5. The second kappa shape index (κ2) is 11.0. The lowest BCUT2D eigenvalue weighted by Crippen LogP contribution is -2.40. The van der Waals surface area contributed by atoms with Gasteiger partial charge in [-0.25, -0.2) is 9.97 Å². The van der Waals surface area contributed by atoms with Gasteiger partial charge in [-0.1, -0.05) is 11.6 Å². The number of aliphatic hydroxyl groups is 1. The summed E-state index contributed by atoms with van der Waals surface area (Å²) in [6.45, 7) is 5.64. The van der Waals surface area contributed by atoms with Crippen molar-refractivity contribution >= 4 is 34.0 Å². The highest BCUT2D eigenvalue weighted by Crippen LogP contribution is 2.44. The van der Waals surface area contributed by atoms with Crippen LogP contribution in [0, 0.1) is 6.92 Å². The van der Waals surface area contributed by atoms with Gasteiger partial charge in [-0.15, -0.1) is 0 Å². The van der Waals surface area contributed by atoms with Crippen LogP contribution in [0.4, 0.5) is 20.3 Å². The Morgan fingerprint density at radius 3 is 2.53 bits per heavy atom. The number of alkyl halides is 2. The highest BCUT2D eigenvalue weighted by Gasteiger charge is 2.48. The maximum Gasteiger partial charge on any atom is 0.302 e. The molecule has 4 rings (SSSR count). The fourth-order valence-electron chi connectivity index (χ4n) is 3.91. The first-order valence-electron chi connectivity index (χ1n) is 12.0. The van der Waals surface area contributed by atoms with Gasteiger partial charge < -0.3 is 35.1 Å². The first-order chi connectivity index (χ1) is 17.9. The van der Waals surface area contributed by atoms with E-state index in [-0.39, 0.29) is 23.4 Å². The topological polar surface area (TPSA) is 121 Å². The molecular weight excluding hydrogens is 522 g/mol. The Bertz CT molecular complexity index is 1320. The molecule has 0 spiro atoms. The van der Waals surface area contributed by atoms with Crippen molar-refractivity contribution in [1.29, 1.82) is 0 Å². The number of nitrogens with two attached hydrogens (primary N) is 1. The van der Waals surface area contributed by atoms with Crippen molar-refractivity contribution in [3.8, 4) is 11.5 Å². The number of benzene rings is 2. The average molecular weight is 553 g/mol. The maximum absolute atomic E-state index is 14.9. The van der Waals surface area contributed by atoms with Gasteiger partial charge in [-0.2, -0.15) is 8.78 Å². The molecule has 2 aromatic carbocycles. The standard InChI is InChI=1S/C26H31ClF2N4O5/c1-14-32-20-10-21(35-4)22(38-6-5-37-17-12-36-13-17)9-18(20)24(33-14)31-11-15-7-16(30)8-19(23(15)27)26(28,29)25(2,3)34/h7-10,17,34H,5-6,11-13,30H2,1-4H3,(H,31,32,33). The van der Waals surface area contributed by atoms with Gasteiger partial charge in [-0.3, -0.25) is 0 Å². The Balaban J connectivity index is 1.61. The lowest BCUT2D eigenvalue weighted by molar-refractivity contribution is -0.168. The van der Waals surface area contributed by atoms with Crippen LogP contribution in [0.25, 0.3) is 10.9 Å². The van der Waals surface area contributed by atoms with Crippen molar-refractivity contribution in [2.24, 2.45) is 0 Å². The number of anilines is 2. The van der Waals surface area contributed by atoms with E-state index in [1.165, 1.54) is 13.2 Å². The largest absolute Gasteiger partial charge is 0.493 e. The molecule has 206 valence electrons. The van der Waals surface area contributed by atoms with Crippen molar-refractivity contribution in [3.63, 3.8) is 0 Å². The zero-order valence-corrected chi connectivity index (χ0v) is 22.4. The number of hydrogen-bond donors (Lipinski definition) is 3. The van der Waals surface area contributed by atoms with E-state index in [1.54, 1.807) is 19.1 Å². The third kappa shape index (κ3) is 5.85. The van der Waals surface area contributed by atoms with Gasteiger partial charge in [0.05, 0.1) is 37.5 Å². The fourth-order valence-corrected chi connectivity index (χ4v) is 4.21. The van der Waals surface area contributed by atoms with Gasteiger partial charge >= 0.3 is 5.92 Å². The summed E-state index contributed by atoms with van der Waals surface area (Å²) in [5, 5.41) is 13.6. The Morgan fingerprint density at radius 1 is 1.16 bits per heavy atom. The number of rotatable bonds is 11. The lowest BCUT2D eigenvalue weighted by atomic mass is 9.92. The monoisotopic (exact) mass is 552 g/mol. The Labute approximate surface area is 224 Å². The van der Waals surface area contributed by atoms with Crippen molar-refractivity contribution in [3.05, 3.63) is 46.2 Å². The molecule has 0 saturated carbocycles. The molecule has 1 aliphatic rings. The van der Waals surface area contributed by atoms with E-state index >= 15 is 0 Å². The number of fused-ring (bicyclic) bond motifs is 1. The maximum atomic E-state index is 14.9. The average Bonchev–Trinajstić information content (AvgIpc) is 2.81. The van der Waals surface area contributed by atoms with Crippen LogP contribution in [0.2, 0.25) is 5.02 Å². The second-order valence-corrected chi connectivity index (χ2v) is 9.92. The summed E-state index contributed by atoms with van der Waals surface area (Å²) in [5.41, 5.74) is 4.02. The first kappa shape index (κ1) is 28.0. The van der Waals surface area contributed by atoms with Crippen LogP contribution < -0.4 is 20.5 Å². The summed E-state index contributed by atoms with van der Waals surface area (Å²) >= 11 is 6.38. The molecule has 0 amide bonds. The molecule has 3 aromatic rings. The zero-order valence-electron chi connectivity index (χ0n) is 21.6. The normalized spacial score (nSPS) is 14.4. The summed E-state index contributed by atoms with van der Waals surface area (Å²) in [7, 11) is 1.53. The third-order valence-electron chi connectivity index (χ3n) is 6.12. The fraction of sp³-hybridized carbons (Fsp3) is 0.462. The summed E-state index contributed by atoms with van der Waals surface area (Å²) in [6, 6.07) is 6.06. The molecule has 0 radical (unpaired) electrons. The van der Waals surface area contributed by atoms with Crippen molar-refractivity contribution in [1.82, 2.24) is 9.97 Å². The quantitative estimate of drug-likeness (QED) is 0.234. The van der Waals surface area contributed by atoms with E-state index in [0.717, 1.165) is 19.9 Å². The van der Waals surface area contributed by atoms with E-state index in [1.807, 2.05) is 0 Å². The van der Waals surface area contributed by atoms with Gasteiger partial charge in [0.15, 0.2) is 11.5 Å². The molecule has 0 unspecified atom stereocenters. The molecule has 0 bridgehead atoms. The number of halogens is 3. The Kier molecular flexibility index (Phi) is 8.12. The number of methoxy groups -OCH3 is 1. The molecule has 12 heteroatoms. The summed E-state index contributed by atoms with van der Waals surface area (Å²) in [5.74, 6) is -1.74. The molecule has 1 aliphatic heterocycles. The van der Waals surface area contributed by atoms with E-state index in [2.05, 4.69) is 15.3 Å². The number of hydrogen-bond acceptors (Lipinski definition) is 9. The molecule has 1 aromatic heterocycles. The molecule has 38 heavy (non-hydrogen) atoms. The first-order valence-corrected chi connectivity index (χ1v) is 12.4. The van der Waals surface area contributed by atoms with Gasteiger partial charge in [-0.05, 0) is 44.5 Å². The Hall–Kier alpha value is -2.99. The summed E-state index contributed by atoms with van der Waals surface area (Å²) in [4.78, 5) is 8.98. The SMILES string of the molecule is COc1cc2nc(C)nc(NCc3cc(N)cc(C(F)(F)C(C)(C)O)c3Cl)c2cc1OCCOC1COC1. The molecule has 4 N–H and O–H groups in total. The van der Waals surface area contributed by atoms with Crippen LogP contribution in [0.3, 0.4) is 0 Å². The molecular formula is C26H31ClF2N4O5. The van der Waals surface area contributed by atoms with E-state index < -0.39 is 17.1 Å². The smallest absolute Gasteiger partial charge is 0.302 e. The van der Waals surface area contributed by atoms with Gasteiger partial charge in [0.2, 0.25) is 0 Å². The van der Waals surface area contributed by atoms with Gasteiger partial charge in [0, 0.05) is 29.2 Å². The molecule has 1 saturated heterocycles. The van der Waals surface area contributed by atoms with E-state index in [0.29, 0.717) is 66.0 Å². The number of nitrogens with zero attached hydrogens (tertiary/aromatic N) is 2. The predicted octanol–water partition coefficient (Wildman–Crippen LogP) is 4.45. The number of nitrogens with one attached hydrogen (secondary N) is 1. The molecule has 0 atom stereocenters. The Morgan fingerprint density at radius 2 is 1.89 bits per heavy atom. The summed E-state index contributed by atoms with van der Waals surface area (Å²) in [6.07, 6.45) is 0.0899. The van der Waals surface area contributed by atoms with E-state index in [9.17, 15) is 13.9 Å². The van der Waals surface area contributed by atoms with Crippen LogP contribution in [-0.4, -0.2) is 60.3 Å². The number of nitrogen functional groups attached to an aromatic ring is 1. The van der Waals surface area contributed by atoms with Crippen molar-refractivity contribution in [2.75, 3.05) is 44.6 Å². The van der Waals surface area contributed by atoms with Crippen LogP contribution >= 0.6 is 11.6 Å². The second-order valence-electron chi connectivity index (χ2n) is 9.55. The lowest BCUT2D eigenvalue weighted by Gasteiger charge is -2.30. The van der Waals surface area contributed by atoms with Crippen LogP contribution in [-0.2, 0) is 21.9 Å². The van der Waals surface area contributed by atoms with Gasteiger partial charge in [0.25, 0.3) is 0 Å². The van der Waals surface area contributed by atoms with Crippen LogP contribution in [0.1, 0.15) is 30.8 Å². The van der Waals surface area contributed by atoms with Crippen molar-refractivity contribution in [2.45, 2.75) is 44.9 Å². The molecule has 9 nitrogen and oxygen atoms in total. The number of ether oxygens (including phenoxy) is 4.